The predicted octanol–water partition coefficient (Wildman–Crippen LogP) is 2.60. The third kappa shape index (κ3) is 5.84. The number of ether oxygens (including phenoxy) is 2. The second-order valence-electron chi connectivity index (χ2n) is 6.02. The molecule has 1 aliphatic heterocycles. The van der Waals surface area contributed by atoms with Crippen LogP contribution in [0.4, 0.5) is 0 Å². The van der Waals surface area contributed by atoms with Crippen molar-refractivity contribution in [2.24, 2.45) is 5.41 Å². The lowest BCUT2D eigenvalue weighted by Gasteiger charge is -2.33. The maximum Gasteiger partial charge on any atom is 0.0628 e. The maximum absolute atomic E-state index is 6.03. The fraction of sp³-hybridized carbons (Fsp3) is 1.00. The molecular formula is C14H29NO2. The molecule has 17 heavy (non-hydrogen) atoms. The molecule has 1 rings (SSSR count). The highest BCUT2D eigenvalue weighted by Gasteiger charge is 2.25. The van der Waals surface area contributed by atoms with Crippen molar-refractivity contribution < 1.29 is 9.47 Å². The lowest BCUT2D eigenvalue weighted by atomic mass is 9.87. The van der Waals surface area contributed by atoms with Crippen LogP contribution in [0.3, 0.4) is 0 Å². The van der Waals surface area contributed by atoms with Crippen LogP contribution >= 0.6 is 0 Å². The van der Waals surface area contributed by atoms with Crippen molar-refractivity contribution >= 4 is 0 Å². The molecule has 1 heterocycles. The quantitative estimate of drug-likeness (QED) is 0.778. The lowest BCUT2D eigenvalue weighted by Crippen LogP contribution is -2.45. The van der Waals surface area contributed by atoms with Gasteiger partial charge in [-0.05, 0) is 31.2 Å². The van der Waals surface area contributed by atoms with Crippen molar-refractivity contribution in [3.63, 3.8) is 0 Å². The summed E-state index contributed by atoms with van der Waals surface area (Å²) in [7, 11) is 0. The zero-order valence-electron chi connectivity index (χ0n) is 11.9. The van der Waals surface area contributed by atoms with Crippen molar-refractivity contribution in [1.29, 1.82) is 0 Å². The number of nitrogens with one attached hydrogen (secondary N) is 1. The summed E-state index contributed by atoms with van der Waals surface area (Å²) >= 11 is 0. The Bertz CT molecular complexity index is 195. The predicted molar refractivity (Wildman–Crippen MR) is 71.3 cm³/mol. The second kappa shape index (κ2) is 7.34. The van der Waals surface area contributed by atoms with Crippen LogP contribution in [-0.2, 0) is 9.47 Å². The van der Waals surface area contributed by atoms with Crippen molar-refractivity contribution in [2.45, 2.75) is 59.1 Å². The van der Waals surface area contributed by atoms with E-state index in [1.165, 1.54) is 6.42 Å². The molecule has 0 aliphatic carbocycles. The molecule has 3 heteroatoms. The van der Waals surface area contributed by atoms with Gasteiger partial charge in [-0.3, -0.25) is 0 Å². The van der Waals surface area contributed by atoms with E-state index in [1.54, 1.807) is 0 Å². The van der Waals surface area contributed by atoms with Crippen LogP contribution in [0.25, 0.3) is 0 Å². The van der Waals surface area contributed by atoms with Gasteiger partial charge in [-0.1, -0.05) is 27.7 Å². The largest absolute Gasteiger partial charge is 0.381 e. The van der Waals surface area contributed by atoms with E-state index in [0.717, 1.165) is 39.2 Å². The molecule has 0 aromatic carbocycles. The molecule has 0 bridgehead atoms. The molecule has 0 spiro atoms. The zero-order chi connectivity index (χ0) is 12.7. The van der Waals surface area contributed by atoms with Crippen molar-refractivity contribution in [3.05, 3.63) is 0 Å². The van der Waals surface area contributed by atoms with Gasteiger partial charge < -0.3 is 14.8 Å². The first-order valence-electron chi connectivity index (χ1n) is 6.96. The normalized spacial score (nSPS) is 20.5. The molecule has 1 N–H and O–H groups in total. The molecule has 0 saturated carbocycles. The molecule has 1 aliphatic rings. The van der Waals surface area contributed by atoms with E-state index in [0.29, 0.717) is 12.1 Å². The van der Waals surface area contributed by atoms with Gasteiger partial charge in [0.25, 0.3) is 0 Å². The summed E-state index contributed by atoms with van der Waals surface area (Å²) in [6.07, 6.45) is 3.66. The summed E-state index contributed by atoms with van der Waals surface area (Å²) < 4.78 is 11.4. The number of hydrogen-bond acceptors (Lipinski definition) is 3. The van der Waals surface area contributed by atoms with Crippen LogP contribution in [0.5, 0.6) is 0 Å². The highest BCUT2D eigenvalue weighted by Crippen LogP contribution is 2.21. The molecule has 1 unspecified atom stereocenters. The molecule has 3 nitrogen and oxygen atoms in total. The van der Waals surface area contributed by atoms with Crippen LogP contribution in [0.15, 0.2) is 0 Å². The van der Waals surface area contributed by atoms with E-state index in [1.807, 2.05) is 0 Å². The molecule has 1 saturated heterocycles. The first kappa shape index (κ1) is 14.9. The minimum absolute atomic E-state index is 0.250. The molecule has 1 atom stereocenters. The third-order valence-electron chi connectivity index (χ3n) is 3.35. The van der Waals surface area contributed by atoms with Crippen molar-refractivity contribution in [2.75, 3.05) is 26.4 Å². The highest BCUT2D eigenvalue weighted by molar-refractivity contribution is 4.80. The van der Waals surface area contributed by atoms with Gasteiger partial charge in [0.15, 0.2) is 0 Å². The first-order valence-corrected chi connectivity index (χ1v) is 6.96. The van der Waals surface area contributed by atoms with Gasteiger partial charge in [-0.2, -0.15) is 0 Å². The van der Waals surface area contributed by atoms with Gasteiger partial charge in [0.2, 0.25) is 0 Å². The molecule has 0 aromatic heterocycles. The Morgan fingerprint density at radius 2 is 1.94 bits per heavy atom. The van der Waals surface area contributed by atoms with Gasteiger partial charge in [-0.25, -0.2) is 0 Å². The molecule has 0 aromatic rings. The smallest absolute Gasteiger partial charge is 0.0628 e. The molecule has 102 valence electrons. The van der Waals surface area contributed by atoms with Crippen molar-refractivity contribution in [3.8, 4) is 0 Å². The van der Waals surface area contributed by atoms with E-state index < -0.39 is 0 Å². The maximum atomic E-state index is 6.03. The van der Waals surface area contributed by atoms with Gasteiger partial charge in [-0.15, -0.1) is 0 Å². The van der Waals surface area contributed by atoms with E-state index in [2.05, 4.69) is 33.0 Å². The Labute approximate surface area is 106 Å². The van der Waals surface area contributed by atoms with Crippen LogP contribution in [0.1, 0.15) is 47.0 Å². The second-order valence-corrected chi connectivity index (χ2v) is 6.02. The molecule has 1 fully saturated rings. The van der Waals surface area contributed by atoms with E-state index in [9.17, 15) is 0 Å². The summed E-state index contributed by atoms with van der Waals surface area (Å²) in [5.74, 6) is 0. The fourth-order valence-corrected chi connectivity index (χ4v) is 2.01. The Morgan fingerprint density at radius 1 is 1.29 bits per heavy atom. The first-order chi connectivity index (χ1) is 8.04. The molecular weight excluding hydrogens is 214 g/mol. The minimum Gasteiger partial charge on any atom is -0.381 e. The van der Waals surface area contributed by atoms with Gasteiger partial charge in [0, 0.05) is 19.3 Å². The van der Waals surface area contributed by atoms with Crippen LogP contribution in [0, 0.1) is 5.41 Å². The molecule has 0 amide bonds. The summed E-state index contributed by atoms with van der Waals surface area (Å²) in [6, 6.07) is 0.435. The summed E-state index contributed by atoms with van der Waals surface area (Å²) in [5, 5.41) is 3.59. The van der Waals surface area contributed by atoms with E-state index in [4.69, 9.17) is 9.47 Å². The summed E-state index contributed by atoms with van der Waals surface area (Å²) in [5.41, 5.74) is 0.250. The summed E-state index contributed by atoms with van der Waals surface area (Å²) in [6.45, 7) is 12.6. The SMILES string of the molecule is CCCNC(COC1CCOCC1)C(C)(C)C. The van der Waals surface area contributed by atoms with Gasteiger partial charge in [0.1, 0.15) is 0 Å². The Hall–Kier alpha value is -0.120. The van der Waals surface area contributed by atoms with Gasteiger partial charge in [0.05, 0.1) is 12.7 Å². The number of rotatable bonds is 6. The minimum atomic E-state index is 0.250. The number of hydrogen-bond donors (Lipinski definition) is 1. The Balaban J connectivity index is 2.31. The van der Waals surface area contributed by atoms with Crippen LogP contribution < -0.4 is 5.32 Å². The van der Waals surface area contributed by atoms with E-state index in [-0.39, 0.29) is 5.41 Å². The Kier molecular flexibility index (Phi) is 6.45. The van der Waals surface area contributed by atoms with Crippen LogP contribution in [0.2, 0.25) is 0 Å². The summed E-state index contributed by atoms with van der Waals surface area (Å²) in [4.78, 5) is 0. The Morgan fingerprint density at radius 3 is 2.47 bits per heavy atom. The van der Waals surface area contributed by atoms with Gasteiger partial charge >= 0.3 is 0 Å². The fourth-order valence-electron chi connectivity index (χ4n) is 2.01. The van der Waals surface area contributed by atoms with Crippen LogP contribution in [-0.4, -0.2) is 38.5 Å². The monoisotopic (exact) mass is 243 g/mol. The zero-order valence-corrected chi connectivity index (χ0v) is 11.9. The average Bonchev–Trinajstić information content (AvgIpc) is 2.29. The third-order valence-corrected chi connectivity index (χ3v) is 3.35. The highest BCUT2D eigenvalue weighted by atomic mass is 16.5. The van der Waals surface area contributed by atoms with Crippen molar-refractivity contribution in [1.82, 2.24) is 5.32 Å². The lowest BCUT2D eigenvalue weighted by molar-refractivity contribution is -0.0465. The van der Waals surface area contributed by atoms with E-state index >= 15 is 0 Å². The topological polar surface area (TPSA) is 30.5 Å². The molecule has 0 radical (unpaired) electrons. The standard InChI is InChI=1S/C14H29NO2/c1-5-8-15-13(14(2,3)4)11-17-12-6-9-16-10-7-12/h12-13,15H,5-11H2,1-4H3. The average molecular weight is 243 g/mol.